The molecule has 2 atom stereocenters. The topological polar surface area (TPSA) is 75.4 Å². The third-order valence-corrected chi connectivity index (χ3v) is 5.53. The highest BCUT2D eigenvalue weighted by atomic mass is 35.5. The molecule has 5 nitrogen and oxygen atoms in total. The summed E-state index contributed by atoms with van der Waals surface area (Å²) in [5.74, 6) is -0.337. The second-order valence-corrected chi connectivity index (χ2v) is 7.09. The van der Waals surface area contributed by atoms with Gasteiger partial charge in [-0.3, -0.25) is 9.59 Å². The second-order valence-electron chi connectivity index (χ2n) is 7.09. The summed E-state index contributed by atoms with van der Waals surface area (Å²) in [6.07, 6.45) is 4.41. The number of benzene rings is 1. The van der Waals surface area contributed by atoms with Gasteiger partial charge in [0.05, 0.1) is 5.56 Å². The Labute approximate surface area is 159 Å². The number of halogens is 2. The lowest BCUT2D eigenvalue weighted by Gasteiger charge is -2.33. The van der Waals surface area contributed by atoms with Crippen LogP contribution in [-0.4, -0.2) is 42.4 Å². The van der Waals surface area contributed by atoms with Crippen LogP contribution in [0.15, 0.2) is 24.3 Å². The van der Waals surface area contributed by atoms with Crippen molar-refractivity contribution in [2.45, 2.75) is 38.1 Å². The molecular weight excluding hydrogens is 357 g/mol. The van der Waals surface area contributed by atoms with E-state index in [1.165, 1.54) is 12.1 Å². The maximum absolute atomic E-state index is 13.8. The molecule has 0 radical (unpaired) electrons. The molecule has 2 fully saturated rings. The van der Waals surface area contributed by atoms with E-state index in [4.69, 9.17) is 5.73 Å². The minimum atomic E-state index is -0.489. The van der Waals surface area contributed by atoms with E-state index in [0.717, 1.165) is 19.3 Å². The highest BCUT2D eigenvalue weighted by molar-refractivity contribution is 5.94. The van der Waals surface area contributed by atoms with Gasteiger partial charge < -0.3 is 16.0 Å². The molecule has 0 unspecified atom stereocenters. The number of hydrogen-bond donors (Lipinski definition) is 2. The van der Waals surface area contributed by atoms with Gasteiger partial charge in [-0.05, 0) is 50.3 Å². The third kappa shape index (κ3) is 4.54. The number of nitrogens with one attached hydrogen (secondary N) is 1. The van der Waals surface area contributed by atoms with Crippen molar-refractivity contribution in [2.75, 3.05) is 19.6 Å². The van der Waals surface area contributed by atoms with Crippen molar-refractivity contribution in [1.82, 2.24) is 10.2 Å². The first-order valence-electron chi connectivity index (χ1n) is 9.14. The van der Waals surface area contributed by atoms with Crippen molar-refractivity contribution in [3.05, 3.63) is 35.6 Å². The van der Waals surface area contributed by atoms with Crippen LogP contribution in [0.4, 0.5) is 4.39 Å². The van der Waals surface area contributed by atoms with Gasteiger partial charge in [0.1, 0.15) is 5.82 Å². The Morgan fingerprint density at radius 1 is 1.15 bits per heavy atom. The van der Waals surface area contributed by atoms with E-state index in [0.29, 0.717) is 38.4 Å². The molecule has 1 aromatic rings. The number of hydrogen-bond acceptors (Lipinski definition) is 3. The lowest BCUT2D eigenvalue weighted by Crippen LogP contribution is -2.48. The second kappa shape index (κ2) is 9.33. The van der Waals surface area contributed by atoms with Gasteiger partial charge in [-0.25, -0.2) is 4.39 Å². The zero-order valence-corrected chi connectivity index (χ0v) is 15.6. The molecule has 1 saturated carbocycles. The molecule has 1 aliphatic heterocycles. The van der Waals surface area contributed by atoms with Crippen LogP contribution >= 0.6 is 12.4 Å². The standard InChI is InChI=1S/C19H26FN3O2.ClH/c20-17-7-2-1-5-16(17)19(25)23-10-8-14(9-11-23)22-18(24)15-6-3-4-13(15)12-21;/h1-2,5,7,13-15H,3-4,6,8-12,21H2,(H,22,24);1H/t13-,15-;/m1./s1. The van der Waals surface area contributed by atoms with Gasteiger partial charge in [-0.15, -0.1) is 12.4 Å². The Kier molecular flexibility index (Phi) is 7.41. The van der Waals surface area contributed by atoms with Crippen LogP contribution < -0.4 is 11.1 Å². The number of nitrogens with zero attached hydrogens (tertiary/aromatic N) is 1. The molecule has 0 bridgehead atoms. The van der Waals surface area contributed by atoms with Gasteiger partial charge in [-0.1, -0.05) is 18.6 Å². The van der Waals surface area contributed by atoms with Crippen LogP contribution in [-0.2, 0) is 4.79 Å². The average Bonchev–Trinajstić information content (AvgIpc) is 3.11. The van der Waals surface area contributed by atoms with Crippen LogP contribution in [0, 0.1) is 17.7 Å². The molecule has 2 aliphatic rings. The molecule has 1 saturated heterocycles. The maximum atomic E-state index is 13.8. The summed E-state index contributed by atoms with van der Waals surface area (Å²) >= 11 is 0. The summed E-state index contributed by atoms with van der Waals surface area (Å²) < 4.78 is 13.8. The molecule has 1 aromatic carbocycles. The Hall–Kier alpha value is -1.66. The van der Waals surface area contributed by atoms with E-state index < -0.39 is 5.82 Å². The first-order chi connectivity index (χ1) is 12.1. The molecule has 3 N–H and O–H groups in total. The van der Waals surface area contributed by atoms with Gasteiger partial charge in [0.25, 0.3) is 5.91 Å². The minimum Gasteiger partial charge on any atom is -0.353 e. The fourth-order valence-corrected chi connectivity index (χ4v) is 4.00. The van der Waals surface area contributed by atoms with Crippen LogP contribution in [0.2, 0.25) is 0 Å². The van der Waals surface area contributed by atoms with E-state index in [9.17, 15) is 14.0 Å². The first-order valence-corrected chi connectivity index (χ1v) is 9.14. The Morgan fingerprint density at radius 3 is 2.50 bits per heavy atom. The molecule has 1 heterocycles. The predicted molar refractivity (Wildman–Crippen MR) is 101 cm³/mol. The number of carbonyl (C=O) groups is 2. The molecular formula is C19H27ClFN3O2. The number of rotatable bonds is 4. The molecule has 2 amide bonds. The van der Waals surface area contributed by atoms with E-state index in [1.54, 1.807) is 17.0 Å². The third-order valence-electron chi connectivity index (χ3n) is 5.53. The summed E-state index contributed by atoms with van der Waals surface area (Å²) in [5.41, 5.74) is 5.87. The molecule has 144 valence electrons. The molecule has 26 heavy (non-hydrogen) atoms. The molecule has 1 aliphatic carbocycles. The van der Waals surface area contributed by atoms with Gasteiger partial charge in [0.2, 0.25) is 5.91 Å². The lowest BCUT2D eigenvalue weighted by atomic mass is 9.94. The van der Waals surface area contributed by atoms with E-state index in [1.807, 2.05) is 0 Å². The number of amides is 2. The summed E-state index contributed by atoms with van der Waals surface area (Å²) in [7, 11) is 0. The number of nitrogens with two attached hydrogens (primary N) is 1. The van der Waals surface area contributed by atoms with Crippen molar-refractivity contribution >= 4 is 24.2 Å². The van der Waals surface area contributed by atoms with Crippen LogP contribution in [0.5, 0.6) is 0 Å². The SMILES string of the molecule is Cl.NC[C@H]1CCC[C@H]1C(=O)NC1CCN(C(=O)c2ccccc2F)CC1. The summed E-state index contributed by atoms with van der Waals surface area (Å²) in [6, 6.07) is 6.13. The summed E-state index contributed by atoms with van der Waals surface area (Å²) in [6.45, 7) is 1.62. The quantitative estimate of drug-likeness (QED) is 0.837. The maximum Gasteiger partial charge on any atom is 0.256 e. The average molecular weight is 384 g/mol. The number of likely N-dealkylation sites (tertiary alicyclic amines) is 1. The first kappa shape index (κ1) is 20.6. The normalized spacial score (nSPS) is 23.4. The molecule has 0 aromatic heterocycles. The highest BCUT2D eigenvalue weighted by Crippen LogP contribution is 2.31. The molecule has 7 heteroatoms. The number of carbonyl (C=O) groups excluding carboxylic acids is 2. The Morgan fingerprint density at radius 2 is 1.85 bits per heavy atom. The molecule has 3 rings (SSSR count). The van der Waals surface area contributed by atoms with Crippen molar-refractivity contribution in [2.24, 2.45) is 17.6 Å². The molecule has 0 spiro atoms. The smallest absolute Gasteiger partial charge is 0.256 e. The summed E-state index contributed by atoms with van der Waals surface area (Å²) in [5, 5.41) is 3.13. The Bertz CT molecular complexity index is 635. The van der Waals surface area contributed by atoms with Crippen LogP contribution in [0.25, 0.3) is 0 Å². The zero-order chi connectivity index (χ0) is 17.8. The van der Waals surface area contributed by atoms with Gasteiger partial charge in [-0.2, -0.15) is 0 Å². The van der Waals surface area contributed by atoms with Crippen LogP contribution in [0.1, 0.15) is 42.5 Å². The monoisotopic (exact) mass is 383 g/mol. The summed E-state index contributed by atoms with van der Waals surface area (Å²) in [4.78, 5) is 26.6. The Balaban J connectivity index is 0.00000243. The van der Waals surface area contributed by atoms with Gasteiger partial charge in [0, 0.05) is 25.0 Å². The zero-order valence-electron chi connectivity index (χ0n) is 14.8. The van der Waals surface area contributed by atoms with Crippen molar-refractivity contribution in [3.63, 3.8) is 0 Å². The lowest BCUT2D eigenvalue weighted by molar-refractivity contribution is -0.126. The highest BCUT2D eigenvalue weighted by Gasteiger charge is 2.34. The van der Waals surface area contributed by atoms with Gasteiger partial charge >= 0.3 is 0 Å². The fourth-order valence-electron chi connectivity index (χ4n) is 4.00. The minimum absolute atomic E-state index is 0. The van der Waals surface area contributed by atoms with Crippen molar-refractivity contribution < 1.29 is 14.0 Å². The van der Waals surface area contributed by atoms with Crippen LogP contribution in [0.3, 0.4) is 0 Å². The van der Waals surface area contributed by atoms with Crippen molar-refractivity contribution in [3.8, 4) is 0 Å². The van der Waals surface area contributed by atoms with E-state index in [2.05, 4.69) is 5.32 Å². The largest absolute Gasteiger partial charge is 0.353 e. The van der Waals surface area contributed by atoms with Gasteiger partial charge in [0.15, 0.2) is 0 Å². The van der Waals surface area contributed by atoms with Crippen molar-refractivity contribution in [1.29, 1.82) is 0 Å². The predicted octanol–water partition coefficient (Wildman–Crippen LogP) is 2.34. The van der Waals surface area contributed by atoms with E-state index >= 15 is 0 Å². The van der Waals surface area contributed by atoms with E-state index in [-0.39, 0.29) is 41.7 Å². The fraction of sp³-hybridized carbons (Fsp3) is 0.579. The number of piperidine rings is 1.